The Balaban J connectivity index is 1.90. The average Bonchev–Trinajstić information content (AvgIpc) is 2.41. The quantitative estimate of drug-likeness (QED) is 0.842. The minimum absolute atomic E-state index is 0.514. The van der Waals surface area contributed by atoms with Crippen molar-refractivity contribution < 1.29 is 0 Å². The number of thioether (sulfide) groups is 1. The van der Waals surface area contributed by atoms with Crippen molar-refractivity contribution in [2.75, 3.05) is 19.3 Å². The van der Waals surface area contributed by atoms with Gasteiger partial charge in [-0.05, 0) is 64.2 Å². The first-order valence-electron chi connectivity index (χ1n) is 7.08. The van der Waals surface area contributed by atoms with E-state index in [0.29, 0.717) is 17.3 Å². The largest absolute Gasteiger partial charge is 0.384 e. The molecule has 2 nitrogen and oxygen atoms in total. The Kier molecular flexibility index (Phi) is 5.19. The monoisotopic (exact) mass is 266 g/mol. The van der Waals surface area contributed by atoms with Crippen molar-refractivity contribution in [2.24, 2.45) is 5.92 Å². The molecule has 0 radical (unpaired) electrons. The van der Waals surface area contributed by atoms with Crippen LogP contribution in [-0.2, 0) is 0 Å². The smallest absolute Gasteiger partial charge is 0.0563 e. The Labute approximate surface area is 116 Å². The highest BCUT2D eigenvalue weighted by Crippen LogP contribution is 2.31. The average molecular weight is 266 g/mol. The molecule has 0 aromatic carbocycles. The van der Waals surface area contributed by atoms with Crippen LogP contribution in [0.5, 0.6) is 0 Å². The maximum Gasteiger partial charge on any atom is 0.0563 e. The van der Waals surface area contributed by atoms with Crippen molar-refractivity contribution in [2.45, 2.75) is 44.0 Å². The standard InChI is InChI=1S/C15H26N2S/c1-12(2)17-10-7-13(8-11-17)15(18-3)14-6-4-5-9-16-14/h4-6,9,12-16H,7-8,10-11H2,1-3H3. The Morgan fingerprint density at radius 3 is 2.44 bits per heavy atom. The number of rotatable bonds is 4. The normalized spacial score (nSPS) is 27.4. The van der Waals surface area contributed by atoms with E-state index in [1.165, 1.54) is 25.9 Å². The number of nitrogens with zero attached hydrogens (tertiary/aromatic N) is 1. The van der Waals surface area contributed by atoms with Crippen LogP contribution >= 0.6 is 11.8 Å². The fraction of sp³-hybridized carbons (Fsp3) is 0.733. The molecule has 102 valence electrons. The highest BCUT2D eigenvalue weighted by molar-refractivity contribution is 7.99. The summed E-state index contributed by atoms with van der Waals surface area (Å²) in [5, 5.41) is 4.21. The second-order valence-electron chi connectivity index (χ2n) is 5.60. The highest BCUT2D eigenvalue weighted by atomic mass is 32.2. The van der Waals surface area contributed by atoms with Crippen LogP contribution in [0.25, 0.3) is 0 Å². The van der Waals surface area contributed by atoms with Crippen LogP contribution < -0.4 is 5.32 Å². The van der Waals surface area contributed by atoms with E-state index in [2.05, 4.69) is 54.7 Å². The van der Waals surface area contributed by atoms with E-state index in [1.54, 1.807) is 0 Å². The zero-order valence-corrected chi connectivity index (χ0v) is 12.6. The zero-order chi connectivity index (χ0) is 13.0. The van der Waals surface area contributed by atoms with Gasteiger partial charge >= 0.3 is 0 Å². The molecule has 0 aliphatic carbocycles. The van der Waals surface area contributed by atoms with E-state index in [0.717, 1.165) is 5.92 Å². The molecule has 2 aliphatic rings. The Morgan fingerprint density at radius 1 is 1.22 bits per heavy atom. The second-order valence-corrected chi connectivity index (χ2v) is 6.62. The topological polar surface area (TPSA) is 15.3 Å². The highest BCUT2D eigenvalue weighted by Gasteiger charge is 2.31. The van der Waals surface area contributed by atoms with Crippen molar-refractivity contribution in [3.05, 3.63) is 24.4 Å². The van der Waals surface area contributed by atoms with Gasteiger partial charge < -0.3 is 10.2 Å². The molecule has 1 fully saturated rings. The molecule has 2 rings (SSSR count). The Bertz CT molecular complexity index is 304. The fourth-order valence-electron chi connectivity index (χ4n) is 3.06. The fourth-order valence-corrected chi connectivity index (χ4v) is 4.18. The van der Waals surface area contributed by atoms with Crippen molar-refractivity contribution in [3.63, 3.8) is 0 Å². The van der Waals surface area contributed by atoms with Crippen molar-refractivity contribution in [1.29, 1.82) is 0 Å². The molecular weight excluding hydrogens is 240 g/mol. The van der Waals surface area contributed by atoms with Gasteiger partial charge in [0.05, 0.1) is 6.04 Å². The van der Waals surface area contributed by atoms with E-state index in [4.69, 9.17) is 0 Å². The third-order valence-corrected chi connectivity index (χ3v) is 5.43. The van der Waals surface area contributed by atoms with Crippen LogP contribution in [0.1, 0.15) is 26.7 Å². The number of hydrogen-bond acceptors (Lipinski definition) is 3. The van der Waals surface area contributed by atoms with Gasteiger partial charge in [-0.25, -0.2) is 0 Å². The van der Waals surface area contributed by atoms with Crippen LogP contribution in [0.15, 0.2) is 24.4 Å². The van der Waals surface area contributed by atoms with E-state index in [-0.39, 0.29) is 0 Å². The van der Waals surface area contributed by atoms with Gasteiger partial charge in [-0.2, -0.15) is 11.8 Å². The van der Waals surface area contributed by atoms with Crippen LogP contribution in [0, 0.1) is 5.92 Å². The van der Waals surface area contributed by atoms with Crippen LogP contribution in [0.3, 0.4) is 0 Å². The summed E-state index contributed by atoms with van der Waals surface area (Å²) in [4.78, 5) is 2.61. The summed E-state index contributed by atoms with van der Waals surface area (Å²) < 4.78 is 0. The molecular formula is C15H26N2S. The van der Waals surface area contributed by atoms with Crippen LogP contribution in [-0.4, -0.2) is 41.6 Å². The van der Waals surface area contributed by atoms with E-state index >= 15 is 0 Å². The number of piperidine rings is 1. The summed E-state index contributed by atoms with van der Waals surface area (Å²) in [5.41, 5.74) is 0. The molecule has 0 amide bonds. The maximum absolute atomic E-state index is 3.50. The first-order chi connectivity index (χ1) is 8.72. The molecule has 0 spiro atoms. The maximum atomic E-state index is 3.50. The molecule has 2 heterocycles. The second kappa shape index (κ2) is 6.67. The molecule has 0 aromatic heterocycles. The van der Waals surface area contributed by atoms with Crippen molar-refractivity contribution in [1.82, 2.24) is 10.2 Å². The Morgan fingerprint density at radius 2 is 1.94 bits per heavy atom. The minimum Gasteiger partial charge on any atom is -0.384 e. The van der Waals surface area contributed by atoms with Crippen LogP contribution in [0.4, 0.5) is 0 Å². The third kappa shape index (κ3) is 3.33. The lowest BCUT2D eigenvalue weighted by atomic mass is 9.88. The molecule has 0 aromatic rings. The van der Waals surface area contributed by atoms with Gasteiger partial charge in [0.1, 0.15) is 0 Å². The first kappa shape index (κ1) is 14.0. The summed E-state index contributed by atoms with van der Waals surface area (Å²) in [6.45, 7) is 7.16. The molecule has 0 saturated carbocycles. The Hall–Kier alpha value is -0.410. The molecule has 1 saturated heterocycles. The lowest BCUT2D eigenvalue weighted by molar-refractivity contribution is 0.145. The first-order valence-corrected chi connectivity index (χ1v) is 8.37. The van der Waals surface area contributed by atoms with Gasteiger partial charge in [-0.15, -0.1) is 0 Å². The molecule has 2 aliphatic heterocycles. The van der Waals surface area contributed by atoms with Gasteiger partial charge in [0.25, 0.3) is 0 Å². The predicted octanol–water partition coefficient (Wildman–Crippen LogP) is 2.88. The van der Waals surface area contributed by atoms with Crippen molar-refractivity contribution >= 4 is 11.8 Å². The number of allylic oxidation sites excluding steroid dienone is 2. The summed E-state index contributed by atoms with van der Waals surface area (Å²) >= 11 is 2.03. The predicted molar refractivity (Wildman–Crippen MR) is 81.9 cm³/mol. The molecule has 0 bridgehead atoms. The molecule has 1 N–H and O–H groups in total. The van der Waals surface area contributed by atoms with Crippen LogP contribution in [0.2, 0.25) is 0 Å². The van der Waals surface area contributed by atoms with E-state index < -0.39 is 0 Å². The zero-order valence-electron chi connectivity index (χ0n) is 11.8. The summed E-state index contributed by atoms with van der Waals surface area (Å²) in [6, 6.07) is 1.22. The van der Waals surface area contributed by atoms with Gasteiger partial charge in [0.15, 0.2) is 0 Å². The lowest BCUT2D eigenvalue weighted by Gasteiger charge is -2.39. The van der Waals surface area contributed by atoms with Gasteiger partial charge in [0, 0.05) is 11.3 Å². The SMILES string of the molecule is CSC(C1CCN(C(C)C)CC1)C1C=CC=CN1. The summed E-state index contributed by atoms with van der Waals surface area (Å²) in [6.07, 6.45) is 13.6. The van der Waals surface area contributed by atoms with E-state index in [1.807, 2.05) is 11.8 Å². The number of nitrogens with one attached hydrogen (secondary N) is 1. The summed E-state index contributed by atoms with van der Waals surface area (Å²) in [5.74, 6) is 0.851. The van der Waals surface area contributed by atoms with Crippen molar-refractivity contribution in [3.8, 4) is 0 Å². The third-order valence-electron chi connectivity index (χ3n) is 4.21. The minimum atomic E-state index is 0.514. The lowest BCUT2D eigenvalue weighted by Crippen LogP contribution is -2.45. The van der Waals surface area contributed by atoms with Gasteiger partial charge in [-0.3, -0.25) is 0 Å². The van der Waals surface area contributed by atoms with Gasteiger partial charge in [-0.1, -0.05) is 12.2 Å². The molecule has 18 heavy (non-hydrogen) atoms. The molecule has 2 atom stereocenters. The molecule has 3 heteroatoms. The number of hydrogen-bond donors (Lipinski definition) is 1. The number of likely N-dealkylation sites (tertiary alicyclic amines) is 1. The summed E-state index contributed by atoms with van der Waals surface area (Å²) in [7, 11) is 0. The van der Waals surface area contributed by atoms with Gasteiger partial charge in [0.2, 0.25) is 0 Å². The number of dihydropyridines is 1. The molecule has 2 unspecified atom stereocenters. The van der Waals surface area contributed by atoms with E-state index in [9.17, 15) is 0 Å².